The van der Waals surface area contributed by atoms with Crippen LogP contribution in [0.5, 0.6) is 5.75 Å². The first-order valence-corrected chi connectivity index (χ1v) is 10.8. The Morgan fingerprint density at radius 1 is 1.18 bits per heavy atom. The third-order valence-electron chi connectivity index (χ3n) is 4.49. The van der Waals surface area contributed by atoms with Crippen LogP contribution in [0.1, 0.15) is 23.2 Å². The van der Waals surface area contributed by atoms with E-state index in [-0.39, 0.29) is 21.3 Å². The van der Waals surface area contributed by atoms with Crippen LogP contribution in [0, 0.1) is 5.82 Å². The van der Waals surface area contributed by atoms with Crippen molar-refractivity contribution in [2.45, 2.75) is 17.7 Å². The van der Waals surface area contributed by atoms with Crippen molar-refractivity contribution in [3.63, 3.8) is 0 Å². The first kappa shape index (κ1) is 18.8. The second-order valence-corrected chi connectivity index (χ2v) is 9.34. The molecule has 3 aromatic rings. The van der Waals surface area contributed by atoms with Gasteiger partial charge in [0.25, 0.3) is 5.91 Å². The molecule has 28 heavy (non-hydrogen) atoms. The van der Waals surface area contributed by atoms with Gasteiger partial charge in [-0.15, -0.1) is 0 Å². The summed E-state index contributed by atoms with van der Waals surface area (Å²) in [5, 5.41) is 12.8. The quantitative estimate of drug-likeness (QED) is 0.674. The molecule has 0 radical (unpaired) electrons. The van der Waals surface area contributed by atoms with Gasteiger partial charge >= 0.3 is 0 Å². The fourth-order valence-electron chi connectivity index (χ4n) is 3.05. The predicted octanol–water partition coefficient (Wildman–Crippen LogP) is 3.18. The van der Waals surface area contributed by atoms with Crippen LogP contribution in [0.3, 0.4) is 0 Å². The molecule has 1 saturated heterocycles. The molecule has 0 aliphatic carbocycles. The monoisotopic (exact) mass is 421 g/mol. The van der Waals surface area contributed by atoms with Gasteiger partial charge < -0.3 is 5.11 Å². The van der Waals surface area contributed by atoms with Crippen molar-refractivity contribution in [3.8, 4) is 5.75 Å². The van der Waals surface area contributed by atoms with Gasteiger partial charge in [0.15, 0.2) is 5.13 Å². The van der Waals surface area contributed by atoms with E-state index in [0.717, 1.165) is 30.2 Å². The van der Waals surface area contributed by atoms with E-state index < -0.39 is 21.7 Å². The summed E-state index contributed by atoms with van der Waals surface area (Å²) in [5.41, 5.74) is 0.349. The van der Waals surface area contributed by atoms with Crippen LogP contribution in [0.15, 0.2) is 41.3 Å². The van der Waals surface area contributed by atoms with Gasteiger partial charge in [-0.1, -0.05) is 11.3 Å². The number of carbonyl (C=O) groups is 1. The molecule has 4 rings (SSSR count). The molecule has 2 aromatic carbocycles. The number of phenolic OH excluding ortho intramolecular Hbond substituents is 1. The van der Waals surface area contributed by atoms with Gasteiger partial charge in [-0.05, 0) is 49.2 Å². The van der Waals surface area contributed by atoms with E-state index in [1.54, 1.807) is 0 Å². The second-order valence-electron chi connectivity index (χ2n) is 6.38. The highest BCUT2D eigenvalue weighted by Gasteiger charge is 2.28. The number of hydrogen-bond acceptors (Lipinski definition) is 6. The molecule has 146 valence electrons. The maximum Gasteiger partial charge on any atom is 0.261 e. The largest absolute Gasteiger partial charge is 0.507 e. The number of sulfonamides is 1. The zero-order valence-corrected chi connectivity index (χ0v) is 16.2. The van der Waals surface area contributed by atoms with E-state index >= 15 is 0 Å². The van der Waals surface area contributed by atoms with Crippen LogP contribution in [-0.2, 0) is 10.0 Å². The number of nitrogens with one attached hydrogen (secondary N) is 1. The number of thiazole rings is 1. The Balaban J connectivity index is 1.63. The van der Waals surface area contributed by atoms with Crippen molar-refractivity contribution in [2.75, 3.05) is 18.4 Å². The Labute approximate surface area is 164 Å². The van der Waals surface area contributed by atoms with Crippen molar-refractivity contribution in [3.05, 3.63) is 47.8 Å². The van der Waals surface area contributed by atoms with Gasteiger partial charge in [0.2, 0.25) is 10.0 Å². The predicted molar refractivity (Wildman–Crippen MR) is 104 cm³/mol. The van der Waals surface area contributed by atoms with Gasteiger partial charge in [-0.3, -0.25) is 10.1 Å². The molecular weight excluding hydrogens is 405 g/mol. The summed E-state index contributed by atoms with van der Waals surface area (Å²) in [7, 11) is -3.72. The third-order valence-corrected chi connectivity index (χ3v) is 7.31. The van der Waals surface area contributed by atoms with Crippen molar-refractivity contribution < 1.29 is 22.7 Å². The maximum absolute atomic E-state index is 13.3. The Bertz CT molecular complexity index is 1170. The van der Waals surface area contributed by atoms with Gasteiger partial charge in [0, 0.05) is 13.1 Å². The summed E-state index contributed by atoms with van der Waals surface area (Å²) in [6.45, 7) is 0.875. The average molecular weight is 421 g/mol. The molecule has 0 saturated carbocycles. The lowest BCUT2D eigenvalue weighted by Gasteiger charge is -2.16. The molecule has 1 aliphatic heterocycles. The summed E-state index contributed by atoms with van der Waals surface area (Å²) in [6, 6.07) is 7.70. The number of aromatic nitrogens is 1. The van der Waals surface area contributed by atoms with Crippen LogP contribution in [0.2, 0.25) is 0 Å². The minimum Gasteiger partial charge on any atom is -0.507 e. The Kier molecular flexibility index (Phi) is 4.77. The topological polar surface area (TPSA) is 99.6 Å². The normalized spacial score (nSPS) is 15.2. The van der Waals surface area contributed by atoms with Gasteiger partial charge in [-0.25, -0.2) is 17.8 Å². The number of halogens is 1. The SMILES string of the molecule is O=C(Nc1nc2ccc(F)cc2s1)c1cc(S(=O)(=O)N2CCCC2)ccc1O. The van der Waals surface area contributed by atoms with Crippen LogP contribution in [0.25, 0.3) is 10.2 Å². The summed E-state index contributed by atoms with van der Waals surface area (Å²) in [6.07, 6.45) is 1.59. The molecule has 0 bridgehead atoms. The van der Waals surface area contributed by atoms with Crippen LogP contribution in [-0.4, -0.2) is 41.8 Å². The number of aromatic hydroxyl groups is 1. The Morgan fingerprint density at radius 2 is 1.93 bits per heavy atom. The summed E-state index contributed by atoms with van der Waals surface area (Å²) in [5.74, 6) is -1.45. The Hall–Kier alpha value is -2.56. The number of carbonyl (C=O) groups excluding carboxylic acids is 1. The maximum atomic E-state index is 13.3. The fourth-order valence-corrected chi connectivity index (χ4v) is 5.48. The molecular formula is C18H16FN3O4S2. The zero-order chi connectivity index (χ0) is 19.9. The molecule has 1 aromatic heterocycles. The van der Waals surface area contributed by atoms with Crippen molar-refractivity contribution in [2.24, 2.45) is 0 Å². The Morgan fingerprint density at radius 3 is 2.68 bits per heavy atom. The van der Waals surface area contributed by atoms with Crippen molar-refractivity contribution >= 4 is 42.6 Å². The number of phenols is 1. The minimum atomic E-state index is -3.72. The van der Waals surface area contributed by atoms with E-state index in [1.165, 1.54) is 34.6 Å². The summed E-state index contributed by atoms with van der Waals surface area (Å²) >= 11 is 1.08. The molecule has 10 heteroatoms. The first-order valence-electron chi connectivity index (χ1n) is 8.55. The number of benzene rings is 2. The van der Waals surface area contributed by atoms with Gasteiger partial charge in [0.1, 0.15) is 11.6 Å². The number of hydrogen-bond donors (Lipinski definition) is 2. The zero-order valence-electron chi connectivity index (χ0n) is 14.6. The van der Waals surface area contributed by atoms with Crippen LogP contribution < -0.4 is 5.32 Å². The summed E-state index contributed by atoms with van der Waals surface area (Å²) in [4.78, 5) is 16.7. The molecule has 0 spiro atoms. The molecule has 1 fully saturated rings. The van der Waals surface area contributed by atoms with Gasteiger partial charge in [-0.2, -0.15) is 4.31 Å². The highest BCUT2D eigenvalue weighted by molar-refractivity contribution is 7.89. The lowest BCUT2D eigenvalue weighted by atomic mass is 10.2. The molecule has 7 nitrogen and oxygen atoms in total. The van der Waals surface area contributed by atoms with E-state index in [0.29, 0.717) is 23.3 Å². The molecule has 0 unspecified atom stereocenters. The molecule has 2 heterocycles. The lowest BCUT2D eigenvalue weighted by Crippen LogP contribution is -2.28. The average Bonchev–Trinajstić information content (AvgIpc) is 3.31. The second kappa shape index (κ2) is 7.12. The molecule has 2 N–H and O–H groups in total. The lowest BCUT2D eigenvalue weighted by molar-refractivity contribution is 0.102. The van der Waals surface area contributed by atoms with E-state index in [9.17, 15) is 22.7 Å². The van der Waals surface area contributed by atoms with E-state index in [4.69, 9.17) is 0 Å². The smallest absolute Gasteiger partial charge is 0.261 e. The fraction of sp³-hybridized carbons (Fsp3) is 0.222. The van der Waals surface area contributed by atoms with Crippen molar-refractivity contribution in [1.29, 1.82) is 0 Å². The number of fused-ring (bicyclic) bond motifs is 1. The number of rotatable bonds is 4. The first-order chi connectivity index (χ1) is 13.3. The van der Waals surface area contributed by atoms with E-state index in [2.05, 4.69) is 10.3 Å². The molecule has 1 amide bonds. The van der Waals surface area contributed by atoms with Crippen molar-refractivity contribution in [1.82, 2.24) is 9.29 Å². The number of nitrogens with zero attached hydrogens (tertiary/aromatic N) is 2. The van der Waals surface area contributed by atoms with Crippen LogP contribution in [0.4, 0.5) is 9.52 Å². The highest BCUT2D eigenvalue weighted by atomic mass is 32.2. The van der Waals surface area contributed by atoms with E-state index in [1.807, 2.05) is 0 Å². The highest BCUT2D eigenvalue weighted by Crippen LogP contribution is 2.29. The minimum absolute atomic E-state index is 0.0521. The molecule has 1 aliphatic rings. The third kappa shape index (κ3) is 3.46. The number of anilines is 1. The van der Waals surface area contributed by atoms with Crippen LogP contribution >= 0.6 is 11.3 Å². The summed E-state index contributed by atoms with van der Waals surface area (Å²) < 4.78 is 40.6. The van der Waals surface area contributed by atoms with Gasteiger partial charge in [0.05, 0.1) is 20.7 Å². The standard InChI is InChI=1S/C18H16FN3O4S2/c19-11-3-5-14-16(9-11)27-18(20-14)21-17(24)13-10-12(4-6-15(13)23)28(25,26)22-7-1-2-8-22/h3-6,9-10,23H,1-2,7-8H2,(H,20,21,24). The number of amides is 1. The molecule has 0 atom stereocenters.